The van der Waals surface area contributed by atoms with E-state index in [9.17, 15) is 0 Å². The summed E-state index contributed by atoms with van der Waals surface area (Å²) in [7, 11) is -0.462. The third-order valence-electron chi connectivity index (χ3n) is 8.16. The van der Waals surface area contributed by atoms with Gasteiger partial charge in [0.25, 0.3) is 0 Å². The summed E-state index contributed by atoms with van der Waals surface area (Å²) in [5, 5.41) is 6.96. The smallest absolute Gasteiger partial charge is 0.399 e. The molecule has 1 aliphatic heterocycles. The van der Waals surface area contributed by atoms with Crippen LogP contribution in [0.4, 0.5) is 0 Å². The average Bonchev–Trinajstić information content (AvgIpc) is 3.13. The van der Waals surface area contributed by atoms with Gasteiger partial charge in [-0.05, 0) is 56.1 Å². The van der Waals surface area contributed by atoms with Gasteiger partial charge in [-0.15, -0.1) is 0 Å². The van der Waals surface area contributed by atoms with Gasteiger partial charge in [0.05, 0.1) is 27.9 Å². The molecule has 1 saturated heterocycles. The summed E-state index contributed by atoms with van der Waals surface area (Å²) in [6.07, 6.45) is 1.85. The van der Waals surface area contributed by atoms with Crippen molar-refractivity contribution < 1.29 is 9.31 Å². The number of para-hydroxylation sites is 1. The lowest BCUT2D eigenvalue weighted by molar-refractivity contribution is 0.00578. The van der Waals surface area contributed by atoms with Gasteiger partial charge in [-0.25, -0.2) is 4.98 Å². The summed E-state index contributed by atoms with van der Waals surface area (Å²) in [6.45, 7) is 8.32. The van der Waals surface area contributed by atoms with Gasteiger partial charge >= 0.3 is 7.12 Å². The fourth-order valence-electron chi connectivity index (χ4n) is 5.49. The lowest BCUT2D eigenvalue weighted by atomic mass is 9.76. The minimum absolute atomic E-state index is 0.415. The van der Waals surface area contributed by atoms with Crippen LogP contribution >= 0.6 is 0 Å². The minimum atomic E-state index is -0.462. The molecule has 6 aromatic rings. The SMILES string of the molecule is CC1(C)OB(c2ccc(-c3nc4ccccc4c4c3ccc3ccccc34)c3ncccc23)OC1(C)C. The average molecular weight is 482 g/mol. The normalized spacial score (nSPS) is 16.8. The predicted octanol–water partition coefficient (Wildman–Crippen LogP) is 7.06. The monoisotopic (exact) mass is 482 g/mol. The van der Waals surface area contributed by atoms with E-state index in [4.69, 9.17) is 19.3 Å². The van der Waals surface area contributed by atoms with Crippen molar-refractivity contribution >= 4 is 55.9 Å². The van der Waals surface area contributed by atoms with Crippen LogP contribution in [0.5, 0.6) is 0 Å². The number of nitrogens with zero attached hydrogens (tertiary/aromatic N) is 2. The molecule has 0 aliphatic carbocycles. The summed E-state index contributed by atoms with van der Waals surface area (Å²) >= 11 is 0. The van der Waals surface area contributed by atoms with Crippen LogP contribution < -0.4 is 5.46 Å². The fraction of sp³-hybridized carbons (Fsp3) is 0.188. The van der Waals surface area contributed by atoms with Gasteiger partial charge in [0.1, 0.15) is 0 Å². The Bertz CT molecular complexity index is 1830. The third kappa shape index (κ3) is 3.31. The summed E-state index contributed by atoms with van der Waals surface area (Å²) < 4.78 is 12.8. The number of aromatic nitrogens is 2. The maximum atomic E-state index is 6.41. The van der Waals surface area contributed by atoms with E-state index in [2.05, 4.69) is 100 Å². The molecule has 0 bridgehead atoms. The summed E-state index contributed by atoms with van der Waals surface area (Å²) in [5.41, 5.74) is 3.96. The molecule has 0 amide bonds. The zero-order valence-corrected chi connectivity index (χ0v) is 21.4. The Morgan fingerprint density at radius 3 is 2.16 bits per heavy atom. The number of fused-ring (bicyclic) bond motifs is 6. The van der Waals surface area contributed by atoms with Crippen LogP contribution in [0.25, 0.3) is 54.6 Å². The van der Waals surface area contributed by atoms with Crippen molar-refractivity contribution in [1.29, 1.82) is 0 Å². The predicted molar refractivity (Wildman–Crippen MR) is 153 cm³/mol. The molecule has 0 saturated carbocycles. The van der Waals surface area contributed by atoms with Crippen molar-refractivity contribution in [2.24, 2.45) is 0 Å². The van der Waals surface area contributed by atoms with E-state index in [-0.39, 0.29) is 0 Å². The van der Waals surface area contributed by atoms with Crippen molar-refractivity contribution in [3.8, 4) is 11.3 Å². The molecule has 3 heterocycles. The van der Waals surface area contributed by atoms with Crippen LogP contribution in [0.2, 0.25) is 0 Å². The van der Waals surface area contributed by atoms with E-state index in [1.165, 1.54) is 16.2 Å². The first-order chi connectivity index (χ1) is 17.8. The van der Waals surface area contributed by atoms with E-state index in [0.717, 1.165) is 43.9 Å². The molecule has 0 unspecified atom stereocenters. The molecule has 7 rings (SSSR count). The van der Waals surface area contributed by atoms with Gasteiger partial charge in [0.15, 0.2) is 0 Å². The van der Waals surface area contributed by atoms with Crippen LogP contribution in [0.3, 0.4) is 0 Å². The molecule has 0 radical (unpaired) electrons. The summed E-state index contributed by atoms with van der Waals surface area (Å²) in [5.74, 6) is 0. The van der Waals surface area contributed by atoms with Gasteiger partial charge < -0.3 is 9.31 Å². The molecular weight excluding hydrogens is 455 g/mol. The van der Waals surface area contributed by atoms with E-state index >= 15 is 0 Å². The maximum Gasteiger partial charge on any atom is 0.495 e. The highest BCUT2D eigenvalue weighted by molar-refractivity contribution is 6.65. The van der Waals surface area contributed by atoms with Crippen LogP contribution in [0, 0.1) is 0 Å². The topological polar surface area (TPSA) is 44.2 Å². The number of benzene rings is 4. The molecule has 0 atom stereocenters. The van der Waals surface area contributed by atoms with E-state index < -0.39 is 18.3 Å². The number of hydrogen-bond acceptors (Lipinski definition) is 4. The zero-order chi connectivity index (χ0) is 25.4. The summed E-state index contributed by atoms with van der Waals surface area (Å²) in [6, 6.07) is 29.7. The molecule has 1 aliphatic rings. The van der Waals surface area contributed by atoms with E-state index in [0.29, 0.717) is 0 Å². The Balaban J connectivity index is 1.52. The van der Waals surface area contributed by atoms with Gasteiger partial charge in [0.2, 0.25) is 0 Å². The Morgan fingerprint density at radius 2 is 1.35 bits per heavy atom. The lowest BCUT2D eigenvalue weighted by Crippen LogP contribution is -2.41. The molecule has 180 valence electrons. The Hall–Kier alpha value is -3.80. The highest BCUT2D eigenvalue weighted by atomic mass is 16.7. The summed E-state index contributed by atoms with van der Waals surface area (Å²) in [4.78, 5) is 10.1. The minimum Gasteiger partial charge on any atom is -0.399 e. The van der Waals surface area contributed by atoms with Crippen molar-refractivity contribution in [2.75, 3.05) is 0 Å². The molecule has 4 aromatic carbocycles. The van der Waals surface area contributed by atoms with Gasteiger partial charge in [-0.3, -0.25) is 4.98 Å². The van der Waals surface area contributed by atoms with Gasteiger partial charge in [0, 0.05) is 33.3 Å². The molecule has 4 nitrogen and oxygen atoms in total. The second kappa shape index (κ2) is 7.85. The molecule has 1 fully saturated rings. The first-order valence-corrected chi connectivity index (χ1v) is 12.8. The van der Waals surface area contributed by atoms with Crippen molar-refractivity contribution in [3.05, 3.63) is 91.1 Å². The highest BCUT2D eigenvalue weighted by Gasteiger charge is 2.52. The van der Waals surface area contributed by atoms with Crippen molar-refractivity contribution in [2.45, 2.75) is 38.9 Å². The fourth-order valence-corrected chi connectivity index (χ4v) is 5.49. The van der Waals surface area contributed by atoms with Gasteiger partial charge in [-0.1, -0.05) is 72.8 Å². The molecule has 5 heteroatoms. The van der Waals surface area contributed by atoms with Crippen LogP contribution in [-0.2, 0) is 9.31 Å². The first kappa shape index (κ1) is 22.4. The molecule has 0 spiro atoms. The van der Waals surface area contributed by atoms with Crippen LogP contribution in [0.15, 0.2) is 91.1 Å². The quantitative estimate of drug-likeness (QED) is 0.196. The molecule has 2 aromatic heterocycles. The largest absolute Gasteiger partial charge is 0.495 e. The Labute approximate surface area is 216 Å². The van der Waals surface area contributed by atoms with Gasteiger partial charge in [-0.2, -0.15) is 0 Å². The van der Waals surface area contributed by atoms with Crippen LogP contribution in [0.1, 0.15) is 27.7 Å². The highest BCUT2D eigenvalue weighted by Crippen LogP contribution is 2.40. The zero-order valence-electron chi connectivity index (χ0n) is 21.4. The second-order valence-electron chi connectivity index (χ2n) is 10.9. The second-order valence-corrected chi connectivity index (χ2v) is 10.9. The Kier molecular flexibility index (Phi) is 4.75. The van der Waals surface area contributed by atoms with E-state index in [1.54, 1.807) is 0 Å². The number of hydrogen-bond donors (Lipinski definition) is 0. The lowest BCUT2D eigenvalue weighted by Gasteiger charge is -2.32. The Morgan fingerprint density at radius 1 is 0.649 bits per heavy atom. The standard InChI is InChI=1S/C32H27BN2O2/c1-31(2)32(3,4)37-33(36-31)26-18-17-25(29-22(26)13-9-19-34-29)30-24-16-15-20-10-5-6-11-21(20)28(24)23-12-7-8-14-27(23)35-30/h5-19H,1-4H3. The molecule has 37 heavy (non-hydrogen) atoms. The number of rotatable bonds is 2. The van der Waals surface area contributed by atoms with Crippen molar-refractivity contribution in [1.82, 2.24) is 9.97 Å². The molecule has 0 N–H and O–H groups in total. The van der Waals surface area contributed by atoms with Crippen molar-refractivity contribution in [3.63, 3.8) is 0 Å². The maximum absolute atomic E-state index is 6.41. The first-order valence-electron chi connectivity index (χ1n) is 12.8. The van der Waals surface area contributed by atoms with Crippen LogP contribution in [-0.4, -0.2) is 28.3 Å². The molecular formula is C32H27BN2O2. The van der Waals surface area contributed by atoms with E-state index in [1.807, 2.05) is 18.3 Å². The number of pyridine rings is 2. The third-order valence-corrected chi connectivity index (χ3v) is 8.16.